The SMILES string of the molecule is COc1cc(N2CCC(CN3CCC(C(=O)Nc4cccc5c4CN(C4CCC(=O)NC4=O)C5=O)CC3)CC2)ccc1Nc1ncc(Cl)c(Nc2ccccc2N(C)S(C)=O)n1. The third-order valence-corrected chi connectivity index (χ3v) is 13.6. The van der Waals surface area contributed by atoms with Crippen molar-refractivity contribution in [2.45, 2.75) is 51.1 Å². The highest BCUT2D eigenvalue weighted by atomic mass is 35.5. The van der Waals surface area contributed by atoms with Crippen molar-refractivity contribution in [1.82, 2.24) is 25.1 Å². The van der Waals surface area contributed by atoms with E-state index in [9.17, 15) is 23.4 Å². The van der Waals surface area contributed by atoms with Gasteiger partial charge in [-0.3, -0.25) is 28.8 Å². The first-order valence-electron chi connectivity index (χ1n) is 20.9. The van der Waals surface area contributed by atoms with E-state index in [4.69, 9.17) is 16.3 Å². The molecule has 18 heteroatoms. The second-order valence-corrected chi connectivity index (χ2v) is 18.0. The summed E-state index contributed by atoms with van der Waals surface area (Å²) in [5, 5.41) is 12.3. The number of halogens is 1. The average Bonchev–Trinajstić information content (AvgIpc) is 3.61. The largest absolute Gasteiger partial charge is 0.494 e. The number of para-hydroxylation sites is 2. The van der Waals surface area contributed by atoms with E-state index in [0.29, 0.717) is 56.6 Å². The van der Waals surface area contributed by atoms with Crippen molar-refractivity contribution in [2.75, 3.05) is 78.3 Å². The number of rotatable bonds is 13. The lowest BCUT2D eigenvalue weighted by molar-refractivity contribution is -0.137. The van der Waals surface area contributed by atoms with E-state index < -0.39 is 22.9 Å². The summed E-state index contributed by atoms with van der Waals surface area (Å²) in [6.07, 6.45) is 7.24. The molecule has 2 unspecified atom stereocenters. The summed E-state index contributed by atoms with van der Waals surface area (Å²) in [6.45, 7) is 4.74. The molecule has 0 saturated carbocycles. The molecular weight excluding hydrogens is 832 g/mol. The van der Waals surface area contributed by atoms with Gasteiger partial charge in [0.25, 0.3) is 5.91 Å². The van der Waals surface area contributed by atoms with Crippen LogP contribution in [0.2, 0.25) is 5.02 Å². The highest BCUT2D eigenvalue weighted by molar-refractivity contribution is 7.85. The number of nitrogens with one attached hydrogen (secondary N) is 4. The van der Waals surface area contributed by atoms with E-state index in [2.05, 4.69) is 47.1 Å². The molecule has 3 fully saturated rings. The maximum Gasteiger partial charge on any atom is 0.255 e. The van der Waals surface area contributed by atoms with Gasteiger partial charge in [-0.2, -0.15) is 4.98 Å². The summed E-state index contributed by atoms with van der Waals surface area (Å²) in [7, 11) is 2.17. The molecule has 0 spiro atoms. The van der Waals surface area contributed by atoms with Crippen molar-refractivity contribution in [3.8, 4) is 5.75 Å². The van der Waals surface area contributed by atoms with Crippen LogP contribution in [0.25, 0.3) is 0 Å². The Morgan fingerprint density at radius 3 is 2.45 bits per heavy atom. The Hall–Kier alpha value is -5.78. The van der Waals surface area contributed by atoms with Crippen LogP contribution in [0.1, 0.15) is 54.4 Å². The smallest absolute Gasteiger partial charge is 0.255 e. The van der Waals surface area contributed by atoms with E-state index in [-0.39, 0.29) is 43.0 Å². The van der Waals surface area contributed by atoms with E-state index in [1.54, 1.807) is 36.9 Å². The summed E-state index contributed by atoms with van der Waals surface area (Å²) >= 11 is 6.50. The zero-order valence-electron chi connectivity index (χ0n) is 35.0. The Balaban J connectivity index is 0.809. The van der Waals surface area contributed by atoms with Gasteiger partial charge in [0.15, 0.2) is 5.82 Å². The van der Waals surface area contributed by atoms with Crippen molar-refractivity contribution in [2.24, 2.45) is 11.8 Å². The zero-order chi connectivity index (χ0) is 43.5. The van der Waals surface area contributed by atoms with Crippen LogP contribution in [-0.2, 0) is 31.9 Å². The second-order valence-electron chi connectivity index (χ2n) is 16.2. The Labute approximate surface area is 368 Å². The highest BCUT2D eigenvalue weighted by Crippen LogP contribution is 2.37. The maximum absolute atomic E-state index is 13.5. The number of likely N-dealkylation sites (tertiary alicyclic amines) is 1. The van der Waals surface area contributed by atoms with Crippen LogP contribution in [0.5, 0.6) is 5.75 Å². The molecule has 0 radical (unpaired) electrons. The lowest BCUT2D eigenvalue weighted by Crippen LogP contribution is -2.52. The van der Waals surface area contributed by atoms with Crippen LogP contribution in [0, 0.1) is 11.8 Å². The second kappa shape index (κ2) is 18.7. The number of nitrogens with zero attached hydrogens (tertiary/aromatic N) is 6. The van der Waals surface area contributed by atoms with Gasteiger partial charge in [-0.05, 0) is 87.5 Å². The molecule has 5 heterocycles. The van der Waals surface area contributed by atoms with Gasteiger partial charge in [-0.25, -0.2) is 9.19 Å². The fourth-order valence-electron chi connectivity index (χ4n) is 8.79. The van der Waals surface area contributed by atoms with Crippen LogP contribution in [-0.4, -0.2) is 107 Å². The predicted octanol–water partition coefficient (Wildman–Crippen LogP) is 5.68. The minimum atomic E-state index is -1.22. The summed E-state index contributed by atoms with van der Waals surface area (Å²) in [6, 6.07) is 18.1. The van der Waals surface area contributed by atoms with Crippen molar-refractivity contribution in [3.05, 3.63) is 83.0 Å². The van der Waals surface area contributed by atoms with Crippen LogP contribution < -0.4 is 35.2 Å². The van der Waals surface area contributed by atoms with Gasteiger partial charge in [-0.1, -0.05) is 29.8 Å². The quantitative estimate of drug-likeness (QED) is 0.121. The summed E-state index contributed by atoms with van der Waals surface area (Å²) in [5.41, 5.74) is 5.00. The third kappa shape index (κ3) is 9.34. The standard InChI is InChI=1S/C44H51ClN10O6S/c1-52(62(3)60)36-10-5-4-8-34(36)47-40-32(45)24-46-44(51-40)49-35-12-11-29(23-38(35)61-2)54-21-15-27(16-22-54)25-53-19-17-28(18-20-53)41(57)48-33-9-6-7-30-31(33)26-55(43(30)59)37-13-14-39(56)50-42(37)58/h4-12,23-24,27-28,37H,13-22,25-26H2,1-3H3,(H,48,57)(H,50,56,58)(H2,46,47,49,51). The van der Waals surface area contributed by atoms with E-state index in [1.165, 1.54) is 11.1 Å². The number of benzene rings is 3. The Bertz CT molecular complexity index is 2390. The van der Waals surface area contributed by atoms with Crippen molar-refractivity contribution in [1.29, 1.82) is 0 Å². The van der Waals surface area contributed by atoms with Crippen molar-refractivity contribution < 1.29 is 28.1 Å². The number of fused-ring (bicyclic) bond motifs is 1. The van der Waals surface area contributed by atoms with Crippen LogP contribution >= 0.6 is 11.6 Å². The molecule has 2 atom stereocenters. The Morgan fingerprint density at radius 1 is 0.952 bits per heavy atom. The Morgan fingerprint density at radius 2 is 1.71 bits per heavy atom. The first-order chi connectivity index (χ1) is 29.9. The minimum Gasteiger partial charge on any atom is -0.494 e. The first kappa shape index (κ1) is 42.9. The molecule has 326 valence electrons. The number of methoxy groups -OCH3 is 1. The number of carbonyl (C=O) groups is 4. The molecular formula is C44H51ClN10O6S. The molecule has 4 N–H and O–H groups in total. The number of hydrogen-bond donors (Lipinski definition) is 4. The lowest BCUT2D eigenvalue weighted by atomic mass is 9.92. The van der Waals surface area contributed by atoms with Crippen LogP contribution in [0.15, 0.2) is 66.9 Å². The average molecular weight is 883 g/mol. The van der Waals surface area contributed by atoms with E-state index in [1.807, 2.05) is 42.5 Å². The number of piperidine rings is 3. The highest BCUT2D eigenvalue weighted by Gasteiger charge is 2.40. The number of carbonyl (C=O) groups excluding carboxylic acids is 4. The number of amides is 4. The van der Waals surface area contributed by atoms with E-state index >= 15 is 0 Å². The number of ether oxygens (including phenoxy) is 1. The molecule has 4 amide bonds. The summed E-state index contributed by atoms with van der Waals surface area (Å²) < 4.78 is 19.7. The van der Waals surface area contributed by atoms with Gasteiger partial charge in [0.2, 0.25) is 23.7 Å². The summed E-state index contributed by atoms with van der Waals surface area (Å²) in [5.74, 6) is 0.714. The molecule has 16 nitrogen and oxygen atoms in total. The fraction of sp³-hybridized carbons (Fsp3) is 0.409. The third-order valence-electron chi connectivity index (χ3n) is 12.4. The monoisotopic (exact) mass is 882 g/mol. The Kier molecular flexibility index (Phi) is 12.9. The van der Waals surface area contributed by atoms with Gasteiger partial charge >= 0.3 is 0 Å². The topological polar surface area (TPSA) is 181 Å². The molecule has 0 bridgehead atoms. The number of hydrogen-bond acceptors (Lipinski definition) is 12. The molecule has 8 rings (SSSR count). The maximum atomic E-state index is 13.5. The first-order valence-corrected chi connectivity index (χ1v) is 22.8. The molecule has 4 aliphatic rings. The molecule has 0 aliphatic carbocycles. The minimum absolute atomic E-state index is 0.0462. The summed E-state index contributed by atoms with van der Waals surface area (Å²) in [4.78, 5) is 66.4. The molecule has 3 saturated heterocycles. The van der Waals surface area contributed by atoms with E-state index in [0.717, 1.165) is 69.8 Å². The van der Waals surface area contributed by atoms with Gasteiger partial charge in [0.05, 0.1) is 30.4 Å². The number of imide groups is 1. The normalized spacial score (nSPS) is 19.2. The van der Waals surface area contributed by atoms with Gasteiger partial charge < -0.3 is 35.4 Å². The molecule has 1 aromatic heterocycles. The lowest BCUT2D eigenvalue weighted by Gasteiger charge is -2.38. The fourth-order valence-corrected chi connectivity index (χ4v) is 9.36. The number of aromatic nitrogens is 2. The van der Waals surface area contributed by atoms with Crippen molar-refractivity contribution >= 4 is 86.4 Å². The molecule has 4 aliphatic heterocycles. The molecule has 3 aromatic carbocycles. The van der Waals surface area contributed by atoms with Crippen molar-refractivity contribution in [3.63, 3.8) is 0 Å². The van der Waals surface area contributed by atoms with Gasteiger partial charge in [0.1, 0.15) is 27.8 Å². The van der Waals surface area contributed by atoms with Gasteiger partial charge in [0, 0.05) is 80.4 Å². The van der Waals surface area contributed by atoms with Crippen LogP contribution in [0.3, 0.4) is 0 Å². The molecule has 62 heavy (non-hydrogen) atoms. The molecule has 4 aromatic rings. The van der Waals surface area contributed by atoms with Crippen LogP contribution in [0.4, 0.5) is 40.2 Å². The van der Waals surface area contributed by atoms with Gasteiger partial charge in [-0.15, -0.1) is 0 Å². The zero-order valence-corrected chi connectivity index (χ0v) is 36.6. The number of anilines is 7. The predicted molar refractivity (Wildman–Crippen MR) is 241 cm³/mol.